The summed E-state index contributed by atoms with van der Waals surface area (Å²) in [5.41, 5.74) is 10.5. The molecule has 8 nitrogen and oxygen atoms in total. The second-order valence-electron chi connectivity index (χ2n) is 5.21. The highest BCUT2D eigenvalue weighted by molar-refractivity contribution is 7.80. The molecule has 4 rings (SSSR count). The molecular formula is C13H14N6O2S. The van der Waals surface area contributed by atoms with Crippen molar-refractivity contribution in [1.29, 1.82) is 0 Å². The monoisotopic (exact) mass is 318 g/mol. The van der Waals surface area contributed by atoms with Crippen LogP contribution in [0, 0.1) is 0 Å². The van der Waals surface area contributed by atoms with Crippen LogP contribution in [0.3, 0.4) is 0 Å². The molecule has 2 saturated heterocycles. The second-order valence-corrected chi connectivity index (χ2v) is 5.65. The number of benzene rings is 1. The first-order chi connectivity index (χ1) is 10.7. The zero-order valence-corrected chi connectivity index (χ0v) is 12.4. The van der Waals surface area contributed by atoms with Gasteiger partial charge in [0.25, 0.3) is 0 Å². The second kappa shape index (κ2) is 5.27. The molecular weight excluding hydrogens is 304 g/mol. The summed E-state index contributed by atoms with van der Waals surface area (Å²) in [5.74, 6) is 0. The smallest absolute Gasteiger partial charge is 0.199 e. The Morgan fingerprint density at radius 1 is 1.45 bits per heavy atom. The van der Waals surface area contributed by atoms with Crippen LogP contribution >= 0.6 is 12.2 Å². The third kappa shape index (κ3) is 2.23. The van der Waals surface area contributed by atoms with Crippen LogP contribution in [0.5, 0.6) is 0 Å². The van der Waals surface area contributed by atoms with Gasteiger partial charge in [0.2, 0.25) is 0 Å². The summed E-state index contributed by atoms with van der Waals surface area (Å²) in [5, 5.41) is 12.8. The van der Waals surface area contributed by atoms with Crippen molar-refractivity contribution in [3.05, 3.63) is 24.3 Å². The summed E-state index contributed by atoms with van der Waals surface area (Å²) < 4.78 is 13.4. The van der Waals surface area contributed by atoms with Gasteiger partial charge in [0.05, 0.1) is 23.9 Å². The number of nitrogens with zero attached hydrogens (tertiary/aromatic N) is 4. The molecule has 3 N–H and O–H groups in total. The van der Waals surface area contributed by atoms with Gasteiger partial charge in [-0.25, -0.2) is 4.68 Å². The van der Waals surface area contributed by atoms with E-state index < -0.39 is 6.29 Å². The van der Waals surface area contributed by atoms with E-state index in [1.165, 1.54) is 0 Å². The van der Waals surface area contributed by atoms with Gasteiger partial charge in [0.15, 0.2) is 11.4 Å². The number of rotatable bonds is 2. The number of hydrazone groups is 1. The molecule has 2 aromatic rings. The number of nitrogens with one attached hydrogen (secondary N) is 1. The van der Waals surface area contributed by atoms with E-state index in [0.29, 0.717) is 18.7 Å². The van der Waals surface area contributed by atoms with E-state index in [0.717, 1.165) is 11.0 Å². The van der Waals surface area contributed by atoms with Crippen molar-refractivity contribution < 1.29 is 9.47 Å². The molecule has 2 aliphatic rings. The fraction of sp³-hybridized carbons (Fsp3) is 0.385. The van der Waals surface area contributed by atoms with E-state index in [1.54, 1.807) is 0 Å². The largest absolute Gasteiger partial charge is 0.375 e. The van der Waals surface area contributed by atoms with Crippen molar-refractivity contribution in [2.75, 3.05) is 6.61 Å². The van der Waals surface area contributed by atoms with Gasteiger partial charge in [-0.1, -0.05) is 17.3 Å². The van der Waals surface area contributed by atoms with Gasteiger partial charge in [0, 0.05) is 6.42 Å². The highest BCUT2D eigenvalue weighted by Crippen LogP contribution is 2.34. The molecule has 0 saturated carbocycles. The molecule has 2 fully saturated rings. The van der Waals surface area contributed by atoms with Crippen LogP contribution in [0.1, 0.15) is 12.5 Å². The molecule has 3 atom stereocenters. The molecule has 0 amide bonds. The van der Waals surface area contributed by atoms with Crippen molar-refractivity contribution >= 4 is 34.1 Å². The third-order valence-corrected chi connectivity index (χ3v) is 3.92. The minimum absolute atomic E-state index is 0.0296. The van der Waals surface area contributed by atoms with Gasteiger partial charge in [-0.05, 0) is 24.4 Å². The summed E-state index contributed by atoms with van der Waals surface area (Å²) >= 11 is 4.77. The van der Waals surface area contributed by atoms with Crippen molar-refractivity contribution in [2.24, 2.45) is 10.8 Å². The quantitative estimate of drug-likeness (QED) is 0.607. The molecule has 3 heterocycles. The van der Waals surface area contributed by atoms with Crippen LogP contribution in [-0.2, 0) is 9.47 Å². The number of aromatic nitrogens is 3. The highest BCUT2D eigenvalue weighted by Gasteiger charge is 2.43. The van der Waals surface area contributed by atoms with E-state index in [9.17, 15) is 0 Å². The van der Waals surface area contributed by atoms with Crippen molar-refractivity contribution in [1.82, 2.24) is 20.4 Å². The Balaban J connectivity index is 1.69. The van der Waals surface area contributed by atoms with Crippen LogP contribution in [0.15, 0.2) is 29.4 Å². The maximum atomic E-state index is 5.86. The molecule has 0 unspecified atom stereocenters. The first kappa shape index (κ1) is 13.6. The molecule has 1 aromatic heterocycles. The van der Waals surface area contributed by atoms with Crippen LogP contribution in [0.25, 0.3) is 11.0 Å². The number of thiocarbonyl (C=S) groups is 1. The molecule has 9 heteroatoms. The van der Waals surface area contributed by atoms with Crippen molar-refractivity contribution in [2.45, 2.75) is 24.9 Å². The lowest BCUT2D eigenvalue weighted by Gasteiger charge is -2.28. The van der Waals surface area contributed by atoms with Gasteiger partial charge >= 0.3 is 0 Å². The number of ether oxygens (including phenoxy) is 2. The molecule has 0 spiro atoms. The SMILES string of the molecule is NC(=S)N/N=C1\C[C@H](n2nnc3ccccc32)[C@H]2CO[C@@H]1O2. The Hall–Kier alpha value is -2.10. The van der Waals surface area contributed by atoms with Gasteiger partial charge in [-0.3, -0.25) is 5.43 Å². The first-order valence-electron chi connectivity index (χ1n) is 6.91. The van der Waals surface area contributed by atoms with Crippen molar-refractivity contribution in [3.8, 4) is 0 Å². The highest BCUT2D eigenvalue weighted by atomic mass is 32.1. The van der Waals surface area contributed by atoms with Crippen LogP contribution in [0.4, 0.5) is 0 Å². The van der Waals surface area contributed by atoms with E-state index >= 15 is 0 Å². The maximum absolute atomic E-state index is 5.86. The fourth-order valence-corrected chi connectivity index (χ4v) is 2.88. The Morgan fingerprint density at radius 2 is 2.32 bits per heavy atom. The molecule has 2 bridgehead atoms. The average molecular weight is 318 g/mol. The lowest BCUT2D eigenvalue weighted by molar-refractivity contribution is -0.0317. The normalized spacial score (nSPS) is 29.1. The summed E-state index contributed by atoms with van der Waals surface area (Å²) in [6.45, 7) is 0.496. The van der Waals surface area contributed by atoms with Crippen molar-refractivity contribution in [3.63, 3.8) is 0 Å². The Labute approximate surface area is 131 Å². The van der Waals surface area contributed by atoms with Gasteiger partial charge < -0.3 is 15.2 Å². The van der Waals surface area contributed by atoms with Crippen LogP contribution < -0.4 is 11.2 Å². The third-order valence-electron chi connectivity index (χ3n) is 3.83. The Bertz CT molecular complexity index is 760. The zero-order chi connectivity index (χ0) is 15.1. The Morgan fingerprint density at radius 3 is 3.18 bits per heavy atom. The topological polar surface area (TPSA) is 99.6 Å². The van der Waals surface area contributed by atoms with E-state index in [1.807, 2.05) is 28.9 Å². The minimum atomic E-state index is -0.446. The van der Waals surface area contributed by atoms with Crippen LogP contribution in [-0.4, -0.2) is 44.8 Å². The molecule has 0 radical (unpaired) electrons. The van der Waals surface area contributed by atoms with E-state index in [2.05, 4.69) is 20.8 Å². The standard InChI is InChI=1S/C13H14N6O2S/c14-13(22)17-15-8-5-10(11-6-20-12(8)21-11)19-9-4-2-1-3-7(9)16-18-19/h1-4,10-12H,5-6H2,(H3,14,17,22)/b15-8+/t10-,11+,12+/m0/s1. The number of fused-ring (bicyclic) bond motifs is 3. The van der Waals surface area contributed by atoms with E-state index in [-0.39, 0.29) is 17.3 Å². The lowest BCUT2D eigenvalue weighted by atomic mass is 10.0. The molecule has 22 heavy (non-hydrogen) atoms. The predicted octanol–water partition coefficient (Wildman–Crippen LogP) is 0.307. The van der Waals surface area contributed by atoms with Crippen LogP contribution in [0.2, 0.25) is 0 Å². The summed E-state index contributed by atoms with van der Waals surface area (Å²) in [6.07, 6.45) is 0.120. The van der Waals surface area contributed by atoms with Gasteiger partial charge in [-0.2, -0.15) is 5.10 Å². The number of nitrogens with two attached hydrogens (primary N) is 1. The van der Waals surface area contributed by atoms with Gasteiger partial charge in [-0.15, -0.1) is 5.10 Å². The zero-order valence-electron chi connectivity index (χ0n) is 11.5. The summed E-state index contributed by atoms with van der Waals surface area (Å²) in [6, 6.07) is 7.79. The maximum Gasteiger partial charge on any atom is 0.199 e. The Kier molecular flexibility index (Phi) is 3.25. The summed E-state index contributed by atoms with van der Waals surface area (Å²) in [7, 11) is 0. The molecule has 114 valence electrons. The fourth-order valence-electron chi connectivity index (χ4n) is 2.84. The minimum Gasteiger partial charge on any atom is -0.375 e. The first-order valence-corrected chi connectivity index (χ1v) is 7.32. The molecule has 2 aliphatic heterocycles. The number of hydrogen-bond acceptors (Lipinski definition) is 6. The van der Waals surface area contributed by atoms with E-state index in [4.69, 9.17) is 27.4 Å². The molecule has 0 aliphatic carbocycles. The lowest BCUT2D eigenvalue weighted by Crippen LogP contribution is -2.39. The summed E-state index contributed by atoms with van der Waals surface area (Å²) in [4.78, 5) is 0. The number of hydrogen-bond donors (Lipinski definition) is 2. The predicted molar refractivity (Wildman–Crippen MR) is 83.2 cm³/mol. The van der Waals surface area contributed by atoms with Gasteiger partial charge in [0.1, 0.15) is 11.6 Å². The number of para-hydroxylation sites is 1. The molecule has 1 aromatic carbocycles. The average Bonchev–Trinajstić information content (AvgIpc) is 3.12.